The van der Waals surface area contributed by atoms with Gasteiger partial charge in [0.15, 0.2) is 0 Å². The smallest absolute Gasteiger partial charge is 0.124 e. The first-order valence-electron chi connectivity index (χ1n) is 5.55. The molecule has 2 nitrogen and oxygen atoms in total. The first-order chi connectivity index (χ1) is 7.24. The summed E-state index contributed by atoms with van der Waals surface area (Å²) in [5, 5.41) is 10.2. The second-order valence-corrected chi connectivity index (χ2v) is 4.38. The highest BCUT2D eigenvalue weighted by atomic mass is 16.5. The van der Waals surface area contributed by atoms with Crippen LogP contribution < -0.4 is 4.74 Å². The zero-order chi connectivity index (χ0) is 10.8. The number of hydrogen-bond acceptors (Lipinski definition) is 2. The number of aliphatic hydroxyl groups is 1. The lowest BCUT2D eigenvalue weighted by Gasteiger charge is -2.20. The van der Waals surface area contributed by atoms with Crippen molar-refractivity contribution in [1.82, 2.24) is 0 Å². The SMILES string of the molecule is COc1ccccc1C(O)C(C)C1CC1. The summed E-state index contributed by atoms with van der Waals surface area (Å²) in [7, 11) is 1.65. The predicted molar refractivity (Wildman–Crippen MR) is 59.8 cm³/mol. The molecule has 1 N–H and O–H groups in total. The van der Waals surface area contributed by atoms with Crippen molar-refractivity contribution in [3.05, 3.63) is 29.8 Å². The molecule has 1 saturated carbocycles. The molecule has 1 aliphatic rings. The lowest BCUT2D eigenvalue weighted by Crippen LogP contribution is -2.12. The van der Waals surface area contributed by atoms with Gasteiger partial charge in [0.2, 0.25) is 0 Å². The molecule has 15 heavy (non-hydrogen) atoms. The van der Waals surface area contributed by atoms with Crippen LogP contribution in [0.25, 0.3) is 0 Å². The van der Waals surface area contributed by atoms with E-state index in [9.17, 15) is 5.11 Å². The molecule has 0 bridgehead atoms. The zero-order valence-electron chi connectivity index (χ0n) is 9.31. The van der Waals surface area contributed by atoms with Crippen molar-refractivity contribution in [3.8, 4) is 5.75 Å². The summed E-state index contributed by atoms with van der Waals surface area (Å²) < 4.78 is 5.26. The lowest BCUT2D eigenvalue weighted by atomic mass is 9.93. The van der Waals surface area contributed by atoms with Gasteiger partial charge in [0.05, 0.1) is 13.2 Å². The number of aliphatic hydroxyl groups excluding tert-OH is 1. The maximum absolute atomic E-state index is 10.2. The fourth-order valence-corrected chi connectivity index (χ4v) is 2.07. The lowest BCUT2D eigenvalue weighted by molar-refractivity contribution is 0.103. The Morgan fingerprint density at radius 3 is 2.60 bits per heavy atom. The van der Waals surface area contributed by atoms with E-state index in [-0.39, 0.29) is 0 Å². The summed E-state index contributed by atoms with van der Waals surface area (Å²) in [6.07, 6.45) is 2.12. The van der Waals surface area contributed by atoms with Crippen LogP contribution in [0.1, 0.15) is 31.4 Å². The van der Waals surface area contributed by atoms with Crippen molar-refractivity contribution >= 4 is 0 Å². The molecule has 2 heteroatoms. The van der Waals surface area contributed by atoms with Gasteiger partial charge in [-0.1, -0.05) is 25.1 Å². The third kappa shape index (κ3) is 2.15. The molecule has 0 spiro atoms. The number of rotatable bonds is 4. The van der Waals surface area contributed by atoms with Gasteiger partial charge in [0.25, 0.3) is 0 Å². The summed E-state index contributed by atoms with van der Waals surface area (Å²) in [5.74, 6) is 1.82. The van der Waals surface area contributed by atoms with Gasteiger partial charge in [-0.15, -0.1) is 0 Å². The Morgan fingerprint density at radius 1 is 1.33 bits per heavy atom. The molecule has 1 aliphatic carbocycles. The summed E-state index contributed by atoms with van der Waals surface area (Å²) in [6.45, 7) is 2.12. The molecule has 0 aromatic heterocycles. The Bertz CT molecular complexity index is 331. The van der Waals surface area contributed by atoms with Gasteiger partial charge in [0, 0.05) is 5.56 Å². The quantitative estimate of drug-likeness (QED) is 0.820. The van der Waals surface area contributed by atoms with Crippen LogP contribution in [-0.2, 0) is 0 Å². The average molecular weight is 206 g/mol. The molecule has 82 valence electrons. The van der Waals surface area contributed by atoms with Gasteiger partial charge < -0.3 is 9.84 Å². The van der Waals surface area contributed by atoms with Gasteiger partial charge in [-0.3, -0.25) is 0 Å². The monoisotopic (exact) mass is 206 g/mol. The highest BCUT2D eigenvalue weighted by Crippen LogP contribution is 2.44. The maximum atomic E-state index is 10.2. The van der Waals surface area contributed by atoms with Gasteiger partial charge in [-0.05, 0) is 30.7 Å². The molecule has 2 unspecified atom stereocenters. The second kappa shape index (κ2) is 4.23. The third-order valence-corrected chi connectivity index (χ3v) is 3.32. The summed E-state index contributed by atoms with van der Waals surface area (Å²) in [6, 6.07) is 7.72. The molecule has 1 aromatic rings. The van der Waals surface area contributed by atoms with Crippen LogP contribution >= 0.6 is 0 Å². The van der Waals surface area contributed by atoms with Crippen LogP contribution in [0.4, 0.5) is 0 Å². The number of ether oxygens (including phenoxy) is 1. The molecule has 1 fully saturated rings. The van der Waals surface area contributed by atoms with Crippen LogP contribution in [0.3, 0.4) is 0 Å². The van der Waals surface area contributed by atoms with Crippen molar-refractivity contribution in [3.63, 3.8) is 0 Å². The van der Waals surface area contributed by atoms with E-state index in [2.05, 4.69) is 6.92 Å². The standard InChI is InChI=1S/C13H18O2/c1-9(10-7-8-10)13(14)11-5-3-4-6-12(11)15-2/h3-6,9-10,13-14H,7-8H2,1-2H3. The molecule has 2 rings (SSSR count). The van der Waals surface area contributed by atoms with Crippen LogP contribution in [0.2, 0.25) is 0 Å². The molecule has 0 amide bonds. The number of para-hydroxylation sites is 1. The van der Waals surface area contributed by atoms with Crippen LogP contribution in [0.5, 0.6) is 5.75 Å². The van der Waals surface area contributed by atoms with E-state index < -0.39 is 6.10 Å². The Labute approximate surface area is 90.9 Å². The molecular weight excluding hydrogens is 188 g/mol. The van der Waals surface area contributed by atoms with Crippen LogP contribution in [0, 0.1) is 11.8 Å². The minimum Gasteiger partial charge on any atom is -0.496 e. The van der Waals surface area contributed by atoms with Crippen molar-refractivity contribution in [2.75, 3.05) is 7.11 Å². The first kappa shape index (κ1) is 10.5. The van der Waals surface area contributed by atoms with Crippen LogP contribution in [0.15, 0.2) is 24.3 Å². The minimum atomic E-state index is -0.395. The molecule has 2 atom stereocenters. The van der Waals surface area contributed by atoms with E-state index in [1.54, 1.807) is 7.11 Å². The van der Waals surface area contributed by atoms with Crippen molar-refractivity contribution in [2.24, 2.45) is 11.8 Å². The Hall–Kier alpha value is -1.02. The van der Waals surface area contributed by atoms with Crippen molar-refractivity contribution < 1.29 is 9.84 Å². The number of methoxy groups -OCH3 is 1. The normalized spacial score (nSPS) is 19.7. The molecule has 1 aromatic carbocycles. The highest BCUT2D eigenvalue weighted by Gasteiger charge is 2.33. The topological polar surface area (TPSA) is 29.5 Å². The summed E-state index contributed by atoms with van der Waals surface area (Å²) in [5.41, 5.74) is 0.916. The summed E-state index contributed by atoms with van der Waals surface area (Å²) >= 11 is 0. The Balaban J connectivity index is 2.19. The largest absolute Gasteiger partial charge is 0.496 e. The molecule has 0 aliphatic heterocycles. The van der Waals surface area contributed by atoms with Gasteiger partial charge in [-0.25, -0.2) is 0 Å². The maximum Gasteiger partial charge on any atom is 0.124 e. The molecule has 0 radical (unpaired) electrons. The van der Waals surface area contributed by atoms with Gasteiger partial charge >= 0.3 is 0 Å². The molecule has 0 saturated heterocycles. The predicted octanol–water partition coefficient (Wildman–Crippen LogP) is 2.77. The van der Waals surface area contributed by atoms with Crippen LogP contribution in [-0.4, -0.2) is 12.2 Å². The van der Waals surface area contributed by atoms with E-state index in [4.69, 9.17) is 4.74 Å². The van der Waals surface area contributed by atoms with E-state index in [1.807, 2.05) is 24.3 Å². The number of hydrogen-bond donors (Lipinski definition) is 1. The average Bonchev–Trinajstić information content (AvgIpc) is 3.11. The van der Waals surface area contributed by atoms with Gasteiger partial charge in [-0.2, -0.15) is 0 Å². The molecule has 0 heterocycles. The fraction of sp³-hybridized carbons (Fsp3) is 0.538. The molecular formula is C13H18O2. The minimum absolute atomic E-state index is 0.335. The Morgan fingerprint density at radius 2 is 2.00 bits per heavy atom. The van der Waals surface area contributed by atoms with E-state index in [1.165, 1.54) is 12.8 Å². The third-order valence-electron chi connectivity index (χ3n) is 3.32. The highest BCUT2D eigenvalue weighted by molar-refractivity contribution is 5.35. The van der Waals surface area contributed by atoms with E-state index in [0.717, 1.165) is 11.3 Å². The number of benzene rings is 1. The van der Waals surface area contributed by atoms with Gasteiger partial charge in [0.1, 0.15) is 5.75 Å². The van der Waals surface area contributed by atoms with E-state index >= 15 is 0 Å². The Kier molecular flexibility index (Phi) is 2.96. The van der Waals surface area contributed by atoms with Crippen molar-refractivity contribution in [1.29, 1.82) is 0 Å². The summed E-state index contributed by atoms with van der Waals surface area (Å²) in [4.78, 5) is 0. The fourth-order valence-electron chi connectivity index (χ4n) is 2.07. The zero-order valence-corrected chi connectivity index (χ0v) is 9.31. The first-order valence-corrected chi connectivity index (χ1v) is 5.55. The van der Waals surface area contributed by atoms with Crippen molar-refractivity contribution in [2.45, 2.75) is 25.9 Å². The second-order valence-electron chi connectivity index (χ2n) is 4.38. The van der Waals surface area contributed by atoms with E-state index in [0.29, 0.717) is 11.8 Å².